The summed E-state index contributed by atoms with van der Waals surface area (Å²) in [5.41, 5.74) is 0. The van der Waals surface area contributed by atoms with Crippen molar-refractivity contribution < 1.29 is 27.2 Å². The zero-order chi connectivity index (χ0) is 13.6. The third kappa shape index (κ3) is 6.10. The molecule has 1 heterocycles. The van der Waals surface area contributed by atoms with Gasteiger partial charge >= 0.3 is 5.97 Å². The second kappa shape index (κ2) is 6.83. The van der Waals surface area contributed by atoms with Crippen LogP contribution in [0.1, 0.15) is 0 Å². The topological polar surface area (TPSA) is 96.0 Å². The fraction of sp³-hybridized carbons (Fsp3) is 0.700. The van der Waals surface area contributed by atoms with Gasteiger partial charge in [-0.25, -0.2) is 13.2 Å². The summed E-state index contributed by atoms with van der Waals surface area (Å²) in [4.78, 5) is 13.0. The van der Waals surface area contributed by atoms with E-state index in [1.807, 2.05) is 4.90 Å². The van der Waals surface area contributed by atoms with Crippen molar-refractivity contribution >= 4 is 16.1 Å². The van der Waals surface area contributed by atoms with Crippen LogP contribution in [0.15, 0.2) is 12.7 Å². The van der Waals surface area contributed by atoms with Gasteiger partial charge in [0.25, 0.3) is 0 Å². The Balaban J connectivity index is 2.57. The van der Waals surface area contributed by atoms with E-state index < -0.39 is 27.9 Å². The van der Waals surface area contributed by atoms with E-state index in [1.165, 1.54) is 0 Å². The molecule has 18 heavy (non-hydrogen) atoms. The molecule has 1 aliphatic heterocycles. The van der Waals surface area contributed by atoms with E-state index in [2.05, 4.69) is 6.58 Å². The maximum Gasteiger partial charge on any atom is 0.330 e. The van der Waals surface area contributed by atoms with Crippen molar-refractivity contribution in [3.8, 4) is 0 Å². The van der Waals surface area contributed by atoms with Crippen molar-refractivity contribution in [1.82, 2.24) is 4.90 Å². The second-order valence-corrected chi connectivity index (χ2v) is 5.35. The van der Waals surface area contributed by atoms with Crippen molar-refractivity contribution in [1.29, 1.82) is 0 Å². The van der Waals surface area contributed by atoms with Crippen LogP contribution in [0, 0.1) is 0 Å². The minimum absolute atomic E-state index is 0.199. The Bertz CT molecular complexity index is 387. The number of hydrogen-bond donors (Lipinski definition) is 0. The Kier molecular flexibility index (Phi) is 5.73. The molecule has 0 radical (unpaired) electrons. The minimum Gasteiger partial charge on any atom is -0.748 e. The molecule has 1 saturated heterocycles. The summed E-state index contributed by atoms with van der Waals surface area (Å²) in [5, 5.41) is 0. The first-order valence-corrected chi connectivity index (χ1v) is 7.05. The van der Waals surface area contributed by atoms with E-state index in [-0.39, 0.29) is 6.54 Å². The largest absolute Gasteiger partial charge is 0.748 e. The number of carbonyl (C=O) groups excluding carboxylic acids is 1. The van der Waals surface area contributed by atoms with Crippen molar-refractivity contribution in [2.24, 2.45) is 0 Å². The smallest absolute Gasteiger partial charge is 0.330 e. The standard InChI is InChI=1S/C10H17NO6S/c1-2-10(12)17-9(8-18(13,14)15)7-11-3-5-16-6-4-11/h2,9H,1,3-8H2,(H,13,14,15)/p-1. The lowest BCUT2D eigenvalue weighted by atomic mass is 10.3. The lowest BCUT2D eigenvalue weighted by Gasteiger charge is -2.30. The monoisotopic (exact) mass is 278 g/mol. The average Bonchev–Trinajstić information content (AvgIpc) is 2.27. The Hall–Kier alpha value is -0.960. The van der Waals surface area contributed by atoms with Gasteiger partial charge in [-0.15, -0.1) is 0 Å². The minimum atomic E-state index is -4.45. The normalized spacial score (nSPS) is 19.2. The zero-order valence-corrected chi connectivity index (χ0v) is 10.7. The highest BCUT2D eigenvalue weighted by atomic mass is 32.2. The number of nitrogens with zero attached hydrogens (tertiary/aromatic N) is 1. The molecule has 0 aromatic heterocycles. The summed E-state index contributed by atoms with van der Waals surface area (Å²) in [6.45, 7) is 5.71. The van der Waals surface area contributed by atoms with Gasteiger partial charge in [0.1, 0.15) is 6.10 Å². The molecule has 8 heteroatoms. The lowest BCUT2D eigenvalue weighted by molar-refractivity contribution is -0.143. The van der Waals surface area contributed by atoms with Gasteiger partial charge in [0, 0.05) is 25.7 Å². The Labute approximate surface area is 106 Å². The second-order valence-electron chi connectivity index (χ2n) is 3.90. The van der Waals surface area contributed by atoms with Crippen LogP contribution in [0.4, 0.5) is 0 Å². The molecule has 1 atom stereocenters. The zero-order valence-electron chi connectivity index (χ0n) is 9.91. The first kappa shape index (κ1) is 15.1. The summed E-state index contributed by atoms with van der Waals surface area (Å²) in [7, 11) is -4.45. The van der Waals surface area contributed by atoms with Crippen LogP contribution >= 0.6 is 0 Å². The van der Waals surface area contributed by atoms with Crippen LogP contribution in [-0.4, -0.2) is 68.5 Å². The fourth-order valence-corrected chi connectivity index (χ4v) is 2.26. The maximum absolute atomic E-state index is 11.1. The molecule has 0 spiro atoms. The van der Waals surface area contributed by atoms with Crippen LogP contribution < -0.4 is 0 Å². The Morgan fingerprint density at radius 2 is 2.11 bits per heavy atom. The first-order chi connectivity index (χ1) is 8.40. The fourth-order valence-electron chi connectivity index (χ4n) is 1.64. The number of ether oxygens (including phenoxy) is 2. The molecule has 0 N–H and O–H groups in total. The number of esters is 1. The highest BCUT2D eigenvalue weighted by Gasteiger charge is 2.21. The van der Waals surface area contributed by atoms with E-state index in [4.69, 9.17) is 9.47 Å². The maximum atomic E-state index is 11.1. The highest BCUT2D eigenvalue weighted by Crippen LogP contribution is 2.05. The molecular formula is C10H16NO6S-. The number of carbonyl (C=O) groups is 1. The van der Waals surface area contributed by atoms with E-state index in [9.17, 15) is 17.8 Å². The van der Waals surface area contributed by atoms with Gasteiger partial charge < -0.3 is 14.0 Å². The van der Waals surface area contributed by atoms with Gasteiger partial charge in [-0.3, -0.25) is 4.90 Å². The SMILES string of the molecule is C=CC(=O)OC(CN1CCOCC1)CS(=O)(=O)[O-]. The molecule has 1 fully saturated rings. The molecular weight excluding hydrogens is 262 g/mol. The Morgan fingerprint density at radius 1 is 1.50 bits per heavy atom. The van der Waals surface area contributed by atoms with Crippen molar-refractivity contribution in [3.05, 3.63) is 12.7 Å². The summed E-state index contributed by atoms with van der Waals surface area (Å²) in [5.74, 6) is -1.47. The van der Waals surface area contributed by atoms with Gasteiger partial charge in [0.2, 0.25) is 0 Å². The molecule has 0 saturated carbocycles. The summed E-state index contributed by atoms with van der Waals surface area (Å²) in [6, 6.07) is 0. The summed E-state index contributed by atoms with van der Waals surface area (Å²) in [6.07, 6.45) is -0.0416. The highest BCUT2D eigenvalue weighted by molar-refractivity contribution is 7.85. The van der Waals surface area contributed by atoms with Crippen LogP contribution in [0.2, 0.25) is 0 Å². The van der Waals surface area contributed by atoms with Crippen LogP contribution in [0.25, 0.3) is 0 Å². The third-order valence-electron chi connectivity index (χ3n) is 2.41. The van der Waals surface area contributed by atoms with Crippen LogP contribution in [0.5, 0.6) is 0 Å². The van der Waals surface area contributed by atoms with Gasteiger partial charge in [-0.1, -0.05) is 6.58 Å². The van der Waals surface area contributed by atoms with Gasteiger partial charge in [0.05, 0.1) is 29.1 Å². The molecule has 0 aliphatic carbocycles. The van der Waals surface area contributed by atoms with Gasteiger partial charge in [0.15, 0.2) is 0 Å². The van der Waals surface area contributed by atoms with Crippen molar-refractivity contribution in [3.63, 3.8) is 0 Å². The molecule has 1 aliphatic rings. The van der Waals surface area contributed by atoms with E-state index in [0.29, 0.717) is 26.3 Å². The summed E-state index contributed by atoms with van der Waals surface area (Å²) < 4.78 is 42.2. The molecule has 1 unspecified atom stereocenters. The quantitative estimate of drug-likeness (QED) is 0.348. The first-order valence-electron chi connectivity index (χ1n) is 5.47. The third-order valence-corrected chi connectivity index (χ3v) is 3.19. The molecule has 104 valence electrons. The van der Waals surface area contributed by atoms with Crippen molar-refractivity contribution in [2.75, 3.05) is 38.6 Å². The number of hydrogen-bond acceptors (Lipinski definition) is 7. The predicted molar refractivity (Wildman–Crippen MR) is 61.9 cm³/mol. The average molecular weight is 278 g/mol. The van der Waals surface area contributed by atoms with Crippen molar-refractivity contribution in [2.45, 2.75) is 6.10 Å². The van der Waals surface area contributed by atoms with E-state index in [0.717, 1.165) is 6.08 Å². The molecule has 0 aromatic carbocycles. The Morgan fingerprint density at radius 3 is 2.61 bits per heavy atom. The van der Waals surface area contributed by atoms with Crippen LogP contribution in [-0.2, 0) is 24.4 Å². The lowest BCUT2D eigenvalue weighted by Crippen LogP contribution is -2.44. The number of rotatable bonds is 6. The van der Waals surface area contributed by atoms with E-state index in [1.54, 1.807) is 0 Å². The predicted octanol–water partition coefficient (Wildman–Crippen LogP) is -1.04. The molecule has 0 aromatic rings. The molecule has 1 rings (SSSR count). The summed E-state index contributed by atoms with van der Waals surface area (Å²) >= 11 is 0. The van der Waals surface area contributed by atoms with Gasteiger partial charge in [-0.2, -0.15) is 0 Å². The van der Waals surface area contributed by atoms with E-state index >= 15 is 0 Å². The number of morpholine rings is 1. The molecule has 7 nitrogen and oxygen atoms in total. The molecule has 0 amide bonds. The van der Waals surface area contributed by atoms with Gasteiger partial charge in [-0.05, 0) is 0 Å². The molecule has 0 bridgehead atoms. The van der Waals surface area contributed by atoms with Crippen LogP contribution in [0.3, 0.4) is 0 Å².